The molecule has 0 amide bonds. The molecule has 5 heteroatoms. The predicted octanol–water partition coefficient (Wildman–Crippen LogP) is 2.49. The van der Waals surface area contributed by atoms with Crippen molar-refractivity contribution in [3.8, 4) is 0 Å². The van der Waals surface area contributed by atoms with Crippen LogP contribution in [-0.2, 0) is 4.79 Å². The van der Waals surface area contributed by atoms with Gasteiger partial charge in [0, 0.05) is 19.1 Å². The number of allylic oxidation sites excluding steroid dienone is 1. The van der Waals surface area contributed by atoms with E-state index >= 15 is 0 Å². The zero-order valence-electron chi connectivity index (χ0n) is 7.94. The molecule has 0 N–H and O–H groups in total. The predicted molar refractivity (Wildman–Crippen MR) is 52.9 cm³/mol. The molecule has 1 aromatic rings. The Kier molecular flexibility index (Phi) is 3.28. The van der Waals surface area contributed by atoms with Crippen molar-refractivity contribution in [2.45, 2.75) is 6.92 Å². The molecule has 0 radical (unpaired) electrons. The van der Waals surface area contributed by atoms with Gasteiger partial charge in [-0.05, 0) is 23.8 Å². The molecule has 0 unspecified atom stereocenters. The maximum atomic E-state index is 12.8. The number of hydrogen-bond acceptors (Lipinski definition) is 3. The highest BCUT2D eigenvalue weighted by molar-refractivity contribution is 5.95. The summed E-state index contributed by atoms with van der Waals surface area (Å²) in [7, 11) is 0. The minimum atomic E-state index is -0.871. The first kappa shape index (κ1) is 11.0. The fourth-order valence-corrected chi connectivity index (χ4v) is 0.940. The minimum absolute atomic E-state index is 0.0737. The van der Waals surface area contributed by atoms with Crippen molar-refractivity contribution >= 4 is 17.5 Å². The lowest BCUT2D eigenvalue weighted by Crippen LogP contribution is -1.90. The van der Waals surface area contributed by atoms with Gasteiger partial charge in [0.25, 0.3) is 5.69 Å². The largest absolute Gasteiger partial charge is 0.292 e. The second kappa shape index (κ2) is 4.45. The van der Waals surface area contributed by atoms with E-state index in [0.717, 1.165) is 13.0 Å². The standard InChI is InChI=1S/C10H8FNO3/c1-7(13)10(11)6-8-2-4-9(5-3-8)12(14)15/h2-6H,1H3/b10-6+. The molecular weight excluding hydrogens is 201 g/mol. The summed E-state index contributed by atoms with van der Waals surface area (Å²) in [5.74, 6) is -1.54. The molecule has 0 aliphatic rings. The lowest BCUT2D eigenvalue weighted by Gasteiger charge is -1.94. The maximum Gasteiger partial charge on any atom is 0.269 e. The number of benzene rings is 1. The van der Waals surface area contributed by atoms with E-state index < -0.39 is 16.5 Å². The van der Waals surface area contributed by atoms with Gasteiger partial charge in [-0.1, -0.05) is 0 Å². The highest BCUT2D eigenvalue weighted by Gasteiger charge is 2.05. The summed E-state index contributed by atoms with van der Waals surface area (Å²) in [5.41, 5.74) is 0.337. The second-order valence-electron chi connectivity index (χ2n) is 2.90. The fraction of sp³-hybridized carbons (Fsp3) is 0.100. The number of nitro groups is 1. The number of carbonyl (C=O) groups is 1. The fourth-order valence-electron chi connectivity index (χ4n) is 0.940. The summed E-state index contributed by atoms with van der Waals surface area (Å²) < 4.78 is 12.8. The van der Waals surface area contributed by atoms with Crippen LogP contribution in [0.25, 0.3) is 6.08 Å². The quantitative estimate of drug-likeness (QED) is 0.436. The number of ketones is 1. The maximum absolute atomic E-state index is 12.8. The average Bonchev–Trinajstić information content (AvgIpc) is 2.18. The van der Waals surface area contributed by atoms with Crippen LogP contribution in [0.1, 0.15) is 12.5 Å². The van der Waals surface area contributed by atoms with Crippen LogP contribution < -0.4 is 0 Å². The van der Waals surface area contributed by atoms with Crippen LogP contribution in [0, 0.1) is 10.1 Å². The summed E-state index contributed by atoms with van der Waals surface area (Å²) in [6, 6.07) is 5.25. The van der Waals surface area contributed by atoms with Crippen LogP contribution in [0.5, 0.6) is 0 Å². The molecular formula is C10H8FNO3. The van der Waals surface area contributed by atoms with Crippen molar-refractivity contribution in [1.29, 1.82) is 0 Å². The SMILES string of the molecule is CC(=O)/C(F)=C\c1ccc([N+](=O)[O-])cc1. The van der Waals surface area contributed by atoms with Gasteiger partial charge in [0.2, 0.25) is 0 Å². The molecule has 0 atom stereocenters. The Morgan fingerprint density at radius 3 is 2.33 bits per heavy atom. The van der Waals surface area contributed by atoms with Crippen LogP contribution in [0.15, 0.2) is 30.1 Å². The Labute approximate surface area is 85.2 Å². The first-order chi connectivity index (χ1) is 7.00. The van der Waals surface area contributed by atoms with Crippen LogP contribution in [0.2, 0.25) is 0 Å². The molecule has 0 aliphatic heterocycles. The summed E-state index contributed by atoms with van der Waals surface area (Å²) in [6.45, 7) is 1.11. The van der Waals surface area contributed by atoms with Crippen LogP contribution in [0.3, 0.4) is 0 Å². The zero-order chi connectivity index (χ0) is 11.4. The number of carbonyl (C=O) groups excluding carboxylic acids is 1. The lowest BCUT2D eigenvalue weighted by atomic mass is 10.2. The van der Waals surface area contributed by atoms with Crippen molar-refractivity contribution in [1.82, 2.24) is 0 Å². The first-order valence-corrected chi connectivity index (χ1v) is 4.13. The molecule has 78 valence electrons. The normalized spacial score (nSPS) is 11.2. The van der Waals surface area contributed by atoms with E-state index in [1.165, 1.54) is 24.3 Å². The third kappa shape index (κ3) is 2.98. The van der Waals surface area contributed by atoms with Gasteiger partial charge in [0.15, 0.2) is 11.6 Å². The second-order valence-corrected chi connectivity index (χ2v) is 2.90. The van der Waals surface area contributed by atoms with Crippen molar-refractivity contribution in [2.75, 3.05) is 0 Å². The molecule has 4 nitrogen and oxygen atoms in total. The topological polar surface area (TPSA) is 60.2 Å². The molecule has 1 rings (SSSR count). The molecule has 0 aliphatic carbocycles. The molecule has 0 heterocycles. The number of non-ortho nitro benzene ring substituents is 1. The van der Waals surface area contributed by atoms with Gasteiger partial charge in [-0.25, -0.2) is 4.39 Å². The van der Waals surface area contributed by atoms with Gasteiger partial charge >= 0.3 is 0 Å². The highest BCUT2D eigenvalue weighted by atomic mass is 19.1. The van der Waals surface area contributed by atoms with E-state index in [-0.39, 0.29) is 5.69 Å². The number of Topliss-reactive ketones (excluding diaryl/α,β-unsaturated/α-hetero) is 1. The third-order valence-corrected chi connectivity index (χ3v) is 1.73. The molecule has 0 bridgehead atoms. The summed E-state index contributed by atoms with van der Waals surface area (Å²) in [5, 5.41) is 10.3. The summed E-state index contributed by atoms with van der Waals surface area (Å²) in [6.07, 6.45) is 1.03. The Balaban J connectivity index is 2.95. The number of hydrogen-bond donors (Lipinski definition) is 0. The smallest absolute Gasteiger partial charge is 0.269 e. The zero-order valence-corrected chi connectivity index (χ0v) is 7.94. The highest BCUT2D eigenvalue weighted by Crippen LogP contribution is 2.14. The Morgan fingerprint density at radius 1 is 1.40 bits per heavy atom. The molecule has 0 spiro atoms. The molecule has 0 saturated heterocycles. The van der Waals surface area contributed by atoms with Gasteiger partial charge < -0.3 is 0 Å². The number of nitrogens with zero attached hydrogens (tertiary/aromatic N) is 1. The van der Waals surface area contributed by atoms with Crippen molar-refractivity contribution in [3.63, 3.8) is 0 Å². The molecule has 0 aromatic heterocycles. The minimum Gasteiger partial charge on any atom is -0.292 e. The van der Waals surface area contributed by atoms with Gasteiger partial charge in [-0.15, -0.1) is 0 Å². The van der Waals surface area contributed by atoms with Gasteiger partial charge in [0.1, 0.15) is 0 Å². The number of rotatable bonds is 3. The Hall–Kier alpha value is -2.04. The van der Waals surface area contributed by atoms with Crippen molar-refractivity contribution in [3.05, 3.63) is 45.8 Å². The van der Waals surface area contributed by atoms with Crippen molar-refractivity contribution in [2.24, 2.45) is 0 Å². The number of nitro benzene ring substituents is 1. The van der Waals surface area contributed by atoms with Gasteiger partial charge in [0.05, 0.1) is 4.92 Å². The van der Waals surface area contributed by atoms with Gasteiger partial charge in [-0.2, -0.15) is 0 Å². The monoisotopic (exact) mass is 209 g/mol. The molecule has 0 saturated carbocycles. The van der Waals surface area contributed by atoms with E-state index in [2.05, 4.69) is 0 Å². The van der Waals surface area contributed by atoms with Crippen LogP contribution in [0.4, 0.5) is 10.1 Å². The molecule has 1 aromatic carbocycles. The van der Waals surface area contributed by atoms with E-state index in [1.54, 1.807) is 0 Å². The van der Waals surface area contributed by atoms with E-state index in [9.17, 15) is 19.3 Å². The first-order valence-electron chi connectivity index (χ1n) is 4.13. The van der Waals surface area contributed by atoms with Gasteiger partial charge in [-0.3, -0.25) is 14.9 Å². The molecule has 0 fully saturated rings. The van der Waals surface area contributed by atoms with Crippen LogP contribution in [-0.4, -0.2) is 10.7 Å². The van der Waals surface area contributed by atoms with E-state index in [0.29, 0.717) is 5.56 Å². The Morgan fingerprint density at radius 2 is 1.93 bits per heavy atom. The van der Waals surface area contributed by atoms with E-state index in [4.69, 9.17) is 0 Å². The summed E-state index contributed by atoms with van der Waals surface area (Å²) >= 11 is 0. The third-order valence-electron chi connectivity index (χ3n) is 1.73. The summed E-state index contributed by atoms with van der Waals surface area (Å²) in [4.78, 5) is 20.3. The lowest BCUT2D eigenvalue weighted by molar-refractivity contribution is -0.384. The Bertz CT molecular complexity index is 423. The average molecular weight is 209 g/mol. The van der Waals surface area contributed by atoms with Crippen molar-refractivity contribution < 1.29 is 14.1 Å². The number of halogens is 1. The van der Waals surface area contributed by atoms with E-state index in [1.807, 2.05) is 0 Å². The van der Waals surface area contributed by atoms with Crippen LogP contribution >= 0.6 is 0 Å². The molecule has 15 heavy (non-hydrogen) atoms.